The third-order valence-corrected chi connectivity index (χ3v) is 1.20. The van der Waals surface area contributed by atoms with E-state index < -0.39 is 0 Å². The van der Waals surface area contributed by atoms with Crippen molar-refractivity contribution in [3.8, 4) is 0 Å². The second-order valence-electron chi connectivity index (χ2n) is 2.10. The van der Waals surface area contributed by atoms with E-state index in [4.69, 9.17) is 5.73 Å². The number of pyridine rings is 1. The zero-order valence-corrected chi connectivity index (χ0v) is 5.66. The lowest BCUT2D eigenvalue weighted by Gasteiger charge is -1.96. The third kappa shape index (κ3) is 1.13. The summed E-state index contributed by atoms with van der Waals surface area (Å²) in [5.74, 6) is 0. The summed E-state index contributed by atoms with van der Waals surface area (Å²) in [5.41, 5.74) is 7.15. The molecule has 0 bridgehead atoms. The fourth-order valence-electron chi connectivity index (χ4n) is 0.701. The summed E-state index contributed by atoms with van der Waals surface area (Å²) in [6.07, 6.45) is 2.26. The zero-order valence-electron chi connectivity index (χ0n) is 5.66. The summed E-state index contributed by atoms with van der Waals surface area (Å²) >= 11 is 0. The Bertz CT molecular complexity index is 258. The molecule has 0 saturated heterocycles. The van der Waals surface area contributed by atoms with Crippen LogP contribution in [0.1, 0.15) is 16.1 Å². The van der Waals surface area contributed by atoms with Crippen LogP contribution in [0.15, 0.2) is 12.3 Å². The molecule has 10 heavy (non-hydrogen) atoms. The van der Waals surface area contributed by atoms with Gasteiger partial charge in [-0.2, -0.15) is 0 Å². The lowest BCUT2D eigenvalue weighted by atomic mass is 10.2. The predicted octanol–water partition coefficient (Wildman–Crippen LogP) is 0.785. The van der Waals surface area contributed by atoms with E-state index >= 15 is 0 Å². The molecule has 0 aliphatic heterocycles. The molecule has 52 valence electrons. The van der Waals surface area contributed by atoms with Gasteiger partial charge in [-0.3, -0.25) is 9.78 Å². The first-order valence-electron chi connectivity index (χ1n) is 2.91. The monoisotopic (exact) mass is 136 g/mol. The number of aromatic nitrogens is 1. The number of aldehydes is 1. The van der Waals surface area contributed by atoms with Crippen LogP contribution in [0, 0.1) is 6.92 Å². The topological polar surface area (TPSA) is 56.0 Å². The van der Waals surface area contributed by atoms with Gasteiger partial charge in [0.15, 0.2) is 6.29 Å². The summed E-state index contributed by atoms with van der Waals surface area (Å²) in [5, 5.41) is 0. The van der Waals surface area contributed by atoms with Crippen LogP contribution in [0.4, 0.5) is 5.69 Å². The van der Waals surface area contributed by atoms with Crippen LogP contribution in [0.3, 0.4) is 0 Å². The van der Waals surface area contributed by atoms with E-state index in [1.165, 1.54) is 0 Å². The number of nitrogens with zero attached hydrogens (tertiary/aromatic N) is 1. The Labute approximate surface area is 58.9 Å². The maximum absolute atomic E-state index is 10.2. The number of hydrogen-bond donors (Lipinski definition) is 1. The van der Waals surface area contributed by atoms with Gasteiger partial charge < -0.3 is 5.73 Å². The Kier molecular flexibility index (Phi) is 1.67. The summed E-state index contributed by atoms with van der Waals surface area (Å²) in [6, 6.07) is 1.72. The Morgan fingerprint density at radius 2 is 2.40 bits per heavy atom. The molecule has 0 radical (unpaired) electrons. The first-order chi connectivity index (χ1) is 4.74. The number of nitrogens with two attached hydrogens (primary N) is 1. The predicted molar refractivity (Wildman–Crippen MR) is 38.8 cm³/mol. The second kappa shape index (κ2) is 2.47. The number of rotatable bonds is 1. The van der Waals surface area contributed by atoms with Crippen molar-refractivity contribution >= 4 is 12.0 Å². The fourth-order valence-corrected chi connectivity index (χ4v) is 0.701. The second-order valence-corrected chi connectivity index (χ2v) is 2.10. The third-order valence-electron chi connectivity index (χ3n) is 1.20. The molecule has 0 amide bonds. The van der Waals surface area contributed by atoms with Crippen LogP contribution in [0.2, 0.25) is 0 Å². The molecule has 0 atom stereocenters. The summed E-state index contributed by atoms with van der Waals surface area (Å²) in [6.45, 7) is 1.87. The molecule has 1 aromatic rings. The minimum atomic E-state index is 0.311. The van der Waals surface area contributed by atoms with Gasteiger partial charge in [0.25, 0.3) is 0 Å². The van der Waals surface area contributed by atoms with Crippen molar-refractivity contribution in [2.24, 2.45) is 0 Å². The zero-order chi connectivity index (χ0) is 7.56. The van der Waals surface area contributed by atoms with Crippen molar-refractivity contribution in [3.63, 3.8) is 0 Å². The van der Waals surface area contributed by atoms with Crippen molar-refractivity contribution < 1.29 is 4.79 Å². The summed E-state index contributed by atoms with van der Waals surface area (Å²) in [4.78, 5) is 14.0. The number of carbonyl (C=O) groups excluding carboxylic acids is 1. The van der Waals surface area contributed by atoms with Gasteiger partial charge in [-0.15, -0.1) is 0 Å². The van der Waals surface area contributed by atoms with Gasteiger partial charge >= 0.3 is 0 Å². The van der Waals surface area contributed by atoms with E-state index in [0.29, 0.717) is 17.7 Å². The lowest BCUT2D eigenvalue weighted by molar-refractivity contribution is 0.112. The van der Waals surface area contributed by atoms with E-state index in [9.17, 15) is 4.79 Å². The van der Waals surface area contributed by atoms with Gasteiger partial charge in [-0.05, 0) is 18.6 Å². The van der Waals surface area contributed by atoms with Crippen molar-refractivity contribution in [1.82, 2.24) is 4.98 Å². The molecule has 0 saturated carbocycles. The first-order valence-corrected chi connectivity index (χ1v) is 2.91. The fraction of sp³-hybridized carbons (Fsp3) is 0.143. The van der Waals surface area contributed by atoms with Crippen LogP contribution in [0.25, 0.3) is 0 Å². The molecule has 0 spiro atoms. The molecule has 0 fully saturated rings. The van der Waals surface area contributed by atoms with Gasteiger partial charge in [0.2, 0.25) is 0 Å². The van der Waals surface area contributed by atoms with Gasteiger partial charge in [-0.25, -0.2) is 0 Å². The van der Waals surface area contributed by atoms with Crippen molar-refractivity contribution in [2.75, 3.05) is 5.73 Å². The Hall–Kier alpha value is -1.38. The van der Waals surface area contributed by atoms with Crippen LogP contribution in [0.5, 0.6) is 0 Å². The molecule has 0 aliphatic carbocycles. The van der Waals surface area contributed by atoms with Crippen molar-refractivity contribution in [3.05, 3.63) is 23.5 Å². The van der Waals surface area contributed by atoms with Crippen LogP contribution < -0.4 is 5.73 Å². The van der Waals surface area contributed by atoms with Crippen LogP contribution >= 0.6 is 0 Å². The van der Waals surface area contributed by atoms with Crippen molar-refractivity contribution in [1.29, 1.82) is 0 Å². The molecule has 1 heterocycles. The Morgan fingerprint density at radius 1 is 1.70 bits per heavy atom. The molecule has 3 nitrogen and oxygen atoms in total. The van der Waals surface area contributed by atoms with E-state index in [2.05, 4.69) is 4.98 Å². The largest absolute Gasteiger partial charge is 0.397 e. The first kappa shape index (κ1) is 6.74. The van der Waals surface area contributed by atoms with Gasteiger partial charge in [0.05, 0.1) is 5.69 Å². The van der Waals surface area contributed by atoms with Crippen LogP contribution in [-0.2, 0) is 0 Å². The number of nitrogen functional groups attached to an aromatic ring is 1. The minimum absolute atomic E-state index is 0.311. The van der Waals surface area contributed by atoms with E-state index in [1.54, 1.807) is 12.3 Å². The van der Waals surface area contributed by atoms with E-state index in [1.807, 2.05) is 6.92 Å². The molecule has 3 heteroatoms. The highest BCUT2D eigenvalue weighted by Gasteiger charge is 1.96. The Balaban J connectivity index is 3.19. The van der Waals surface area contributed by atoms with Crippen molar-refractivity contribution in [2.45, 2.75) is 6.92 Å². The highest BCUT2D eigenvalue weighted by atomic mass is 16.1. The van der Waals surface area contributed by atoms with Gasteiger partial charge in [0, 0.05) is 6.20 Å². The van der Waals surface area contributed by atoms with E-state index in [0.717, 1.165) is 5.56 Å². The summed E-state index contributed by atoms with van der Waals surface area (Å²) in [7, 11) is 0. The average Bonchev–Trinajstić information content (AvgIpc) is 1.88. The van der Waals surface area contributed by atoms with Gasteiger partial charge in [0.1, 0.15) is 5.69 Å². The average molecular weight is 136 g/mol. The number of aryl methyl sites for hydroxylation is 1. The highest BCUT2D eigenvalue weighted by molar-refractivity contribution is 5.80. The van der Waals surface area contributed by atoms with E-state index in [-0.39, 0.29) is 0 Å². The lowest BCUT2D eigenvalue weighted by Crippen LogP contribution is -1.96. The molecule has 1 aromatic heterocycles. The molecule has 0 unspecified atom stereocenters. The maximum atomic E-state index is 10.2. The standard InChI is InChI=1S/C7H8N2O/c1-5-2-6(8)7(4-10)9-3-5/h2-4H,8H2,1H3. The maximum Gasteiger partial charge on any atom is 0.170 e. The number of hydrogen-bond acceptors (Lipinski definition) is 3. The number of carbonyl (C=O) groups is 1. The smallest absolute Gasteiger partial charge is 0.170 e. The van der Waals surface area contributed by atoms with Crippen LogP contribution in [-0.4, -0.2) is 11.3 Å². The molecular formula is C7H8N2O. The summed E-state index contributed by atoms with van der Waals surface area (Å²) < 4.78 is 0. The highest BCUT2D eigenvalue weighted by Crippen LogP contribution is 2.06. The Morgan fingerprint density at radius 3 is 2.90 bits per heavy atom. The molecule has 0 aliphatic rings. The molecular weight excluding hydrogens is 128 g/mol. The molecule has 0 aromatic carbocycles. The number of anilines is 1. The SMILES string of the molecule is Cc1cnc(C=O)c(N)c1. The minimum Gasteiger partial charge on any atom is -0.397 e. The molecule has 1 rings (SSSR count). The quantitative estimate of drug-likeness (QED) is 0.580. The normalized spacial score (nSPS) is 9.30. The molecule has 2 N–H and O–H groups in total. The van der Waals surface area contributed by atoms with Gasteiger partial charge in [-0.1, -0.05) is 0 Å².